The summed E-state index contributed by atoms with van der Waals surface area (Å²) >= 11 is 0. The Hall–Kier alpha value is -2.37. The number of hydrogen-bond donors (Lipinski definition) is 1. The summed E-state index contributed by atoms with van der Waals surface area (Å²) in [6.45, 7) is -0.189. The zero-order valence-corrected chi connectivity index (χ0v) is 8.85. The van der Waals surface area contributed by atoms with Crippen LogP contribution in [0, 0.1) is 10.1 Å². The van der Waals surface area contributed by atoms with Gasteiger partial charge in [-0.2, -0.15) is 0 Å². The lowest BCUT2D eigenvalue weighted by Crippen LogP contribution is -1.95. The molecule has 0 saturated carbocycles. The average molecular weight is 234 g/mol. The summed E-state index contributed by atoms with van der Waals surface area (Å²) in [6, 6.07) is 4.49. The van der Waals surface area contributed by atoms with Crippen LogP contribution in [0.3, 0.4) is 0 Å². The van der Waals surface area contributed by atoms with Crippen LogP contribution in [0.2, 0.25) is 0 Å². The molecule has 0 aliphatic heterocycles. The standard InChI is InChI=1S/C10H10N4O3/c11-13-12-5-1-2-8-3-4-9(7-15)10(6-8)14(16)17/h1-4,6,15H,5,7H2. The zero-order chi connectivity index (χ0) is 12.7. The van der Waals surface area contributed by atoms with Crippen molar-refractivity contribution in [3.63, 3.8) is 0 Å². The molecule has 0 aliphatic rings. The molecule has 0 bridgehead atoms. The van der Waals surface area contributed by atoms with E-state index in [1.807, 2.05) is 0 Å². The Balaban J connectivity index is 2.96. The van der Waals surface area contributed by atoms with E-state index in [1.165, 1.54) is 12.1 Å². The Morgan fingerprint density at radius 1 is 1.59 bits per heavy atom. The summed E-state index contributed by atoms with van der Waals surface area (Å²) in [5.74, 6) is 0. The van der Waals surface area contributed by atoms with Crippen LogP contribution in [-0.2, 0) is 6.61 Å². The molecule has 0 aromatic heterocycles. The lowest BCUT2D eigenvalue weighted by molar-refractivity contribution is -0.385. The molecule has 7 nitrogen and oxygen atoms in total. The van der Waals surface area contributed by atoms with Gasteiger partial charge in [-0.1, -0.05) is 23.3 Å². The number of aliphatic hydroxyl groups excluding tert-OH is 1. The van der Waals surface area contributed by atoms with Gasteiger partial charge in [-0.25, -0.2) is 0 Å². The van der Waals surface area contributed by atoms with Gasteiger partial charge in [0.15, 0.2) is 0 Å². The molecule has 0 saturated heterocycles. The summed E-state index contributed by atoms with van der Waals surface area (Å²) < 4.78 is 0. The summed E-state index contributed by atoms with van der Waals surface area (Å²) in [4.78, 5) is 12.7. The highest BCUT2D eigenvalue weighted by Gasteiger charge is 2.12. The number of azide groups is 1. The Morgan fingerprint density at radius 3 is 2.94 bits per heavy atom. The third-order valence-electron chi connectivity index (χ3n) is 2.04. The van der Waals surface area contributed by atoms with Crippen molar-refractivity contribution in [2.75, 3.05) is 6.54 Å². The molecule has 1 aromatic rings. The molecule has 0 radical (unpaired) electrons. The van der Waals surface area contributed by atoms with Crippen LogP contribution < -0.4 is 0 Å². The largest absolute Gasteiger partial charge is 0.391 e. The monoisotopic (exact) mass is 234 g/mol. The summed E-state index contributed by atoms with van der Waals surface area (Å²) in [5, 5.41) is 22.9. The SMILES string of the molecule is [N-]=[N+]=NCC=Cc1ccc(CO)c([N+](=O)[O-])c1. The number of nitro benzene ring substituents is 1. The van der Waals surface area contributed by atoms with Crippen molar-refractivity contribution in [3.8, 4) is 0 Å². The molecule has 7 heteroatoms. The highest BCUT2D eigenvalue weighted by Crippen LogP contribution is 2.21. The fourth-order valence-electron chi connectivity index (χ4n) is 1.26. The number of hydrogen-bond acceptors (Lipinski definition) is 4. The van der Waals surface area contributed by atoms with Crippen LogP contribution in [0.1, 0.15) is 11.1 Å². The van der Waals surface area contributed by atoms with Gasteiger partial charge in [0.1, 0.15) is 0 Å². The van der Waals surface area contributed by atoms with E-state index in [9.17, 15) is 10.1 Å². The molecule has 0 heterocycles. The number of nitrogens with zero attached hydrogens (tertiary/aromatic N) is 4. The van der Waals surface area contributed by atoms with E-state index in [0.717, 1.165) is 0 Å². The Kier molecular flexibility index (Phi) is 4.68. The quantitative estimate of drug-likeness (QED) is 0.277. The van der Waals surface area contributed by atoms with Gasteiger partial charge in [-0.05, 0) is 17.2 Å². The van der Waals surface area contributed by atoms with Crippen LogP contribution >= 0.6 is 0 Å². The van der Waals surface area contributed by atoms with Crippen molar-refractivity contribution in [1.82, 2.24) is 0 Å². The minimum absolute atomic E-state index is 0.126. The predicted octanol–water partition coefficient (Wildman–Crippen LogP) is 2.41. The van der Waals surface area contributed by atoms with Crippen molar-refractivity contribution in [2.45, 2.75) is 6.61 Å². The topological polar surface area (TPSA) is 112 Å². The smallest absolute Gasteiger partial charge is 0.275 e. The molecule has 1 N–H and O–H groups in total. The first kappa shape index (κ1) is 12.7. The number of rotatable bonds is 5. The van der Waals surface area contributed by atoms with E-state index >= 15 is 0 Å². The molecule has 0 unspecified atom stereocenters. The Bertz CT molecular complexity index is 492. The van der Waals surface area contributed by atoms with E-state index in [-0.39, 0.29) is 24.4 Å². The van der Waals surface area contributed by atoms with Crippen molar-refractivity contribution in [2.24, 2.45) is 5.11 Å². The van der Waals surface area contributed by atoms with Crippen molar-refractivity contribution in [1.29, 1.82) is 0 Å². The number of nitro groups is 1. The number of aliphatic hydroxyl groups is 1. The minimum Gasteiger partial charge on any atom is -0.391 e. The molecular weight excluding hydrogens is 224 g/mol. The van der Waals surface area contributed by atoms with Gasteiger partial charge < -0.3 is 5.11 Å². The van der Waals surface area contributed by atoms with Gasteiger partial charge in [-0.3, -0.25) is 10.1 Å². The maximum absolute atomic E-state index is 10.7. The summed E-state index contributed by atoms with van der Waals surface area (Å²) in [5.41, 5.74) is 8.81. The van der Waals surface area contributed by atoms with Crippen LogP contribution in [0.25, 0.3) is 16.5 Å². The second kappa shape index (κ2) is 6.26. The van der Waals surface area contributed by atoms with Crippen LogP contribution in [-0.4, -0.2) is 16.6 Å². The van der Waals surface area contributed by atoms with E-state index in [2.05, 4.69) is 10.0 Å². The first-order valence-electron chi connectivity index (χ1n) is 4.74. The molecule has 17 heavy (non-hydrogen) atoms. The van der Waals surface area contributed by atoms with E-state index < -0.39 is 4.92 Å². The molecular formula is C10H10N4O3. The van der Waals surface area contributed by atoms with E-state index in [1.54, 1.807) is 18.2 Å². The van der Waals surface area contributed by atoms with Gasteiger partial charge in [0.05, 0.1) is 17.1 Å². The first-order chi connectivity index (χ1) is 8.19. The maximum Gasteiger partial charge on any atom is 0.275 e. The molecule has 1 rings (SSSR count). The average Bonchev–Trinajstić information content (AvgIpc) is 2.34. The van der Waals surface area contributed by atoms with E-state index in [0.29, 0.717) is 5.56 Å². The van der Waals surface area contributed by atoms with Gasteiger partial charge in [0.25, 0.3) is 5.69 Å². The summed E-state index contributed by atoms with van der Waals surface area (Å²) in [6.07, 6.45) is 3.21. The maximum atomic E-state index is 10.7. The lowest BCUT2D eigenvalue weighted by atomic mass is 10.1. The highest BCUT2D eigenvalue weighted by molar-refractivity contribution is 5.56. The van der Waals surface area contributed by atoms with Gasteiger partial charge in [-0.15, -0.1) is 0 Å². The third kappa shape index (κ3) is 3.60. The minimum atomic E-state index is -0.545. The lowest BCUT2D eigenvalue weighted by Gasteiger charge is -2.00. The predicted molar refractivity (Wildman–Crippen MR) is 62.1 cm³/mol. The third-order valence-corrected chi connectivity index (χ3v) is 2.04. The number of benzene rings is 1. The Labute approximate surface area is 96.8 Å². The van der Waals surface area contributed by atoms with Crippen molar-refractivity contribution >= 4 is 11.8 Å². The first-order valence-corrected chi connectivity index (χ1v) is 4.74. The Morgan fingerprint density at radius 2 is 2.35 bits per heavy atom. The summed E-state index contributed by atoms with van der Waals surface area (Å²) in [7, 11) is 0. The molecule has 0 aliphatic carbocycles. The van der Waals surface area contributed by atoms with Gasteiger partial charge in [0.2, 0.25) is 0 Å². The highest BCUT2D eigenvalue weighted by atomic mass is 16.6. The van der Waals surface area contributed by atoms with Crippen molar-refractivity contribution < 1.29 is 10.0 Å². The fraction of sp³-hybridized carbons (Fsp3) is 0.200. The molecule has 1 aromatic carbocycles. The normalized spacial score (nSPS) is 10.2. The fourth-order valence-corrected chi connectivity index (χ4v) is 1.26. The molecule has 88 valence electrons. The molecule has 0 spiro atoms. The van der Waals surface area contributed by atoms with Crippen molar-refractivity contribution in [3.05, 3.63) is 56.0 Å². The van der Waals surface area contributed by atoms with Crippen LogP contribution in [0.15, 0.2) is 29.4 Å². The van der Waals surface area contributed by atoms with E-state index in [4.69, 9.17) is 10.6 Å². The van der Waals surface area contributed by atoms with Crippen LogP contribution in [0.5, 0.6) is 0 Å². The van der Waals surface area contributed by atoms with Gasteiger partial charge >= 0.3 is 0 Å². The second-order valence-electron chi connectivity index (χ2n) is 3.12. The van der Waals surface area contributed by atoms with Gasteiger partial charge in [0, 0.05) is 17.5 Å². The second-order valence-corrected chi connectivity index (χ2v) is 3.12. The molecule has 0 amide bonds. The molecule has 0 atom stereocenters. The zero-order valence-electron chi connectivity index (χ0n) is 8.85. The van der Waals surface area contributed by atoms with Crippen LogP contribution in [0.4, 0.5) is 5.69 Å². The molecule has 0 fully saturated rings.